The molecule has 0 spiro atoms. The van der Waals surface area contributed by atoms with E-state index in [1.54, 1.807) is 0 Å². The van der Waals surface area contributed by atoms with Crippen molar-refractivity contribution in [2.24, 2.45) is 23.5 Å². The third-order valence-electron chi connectivity index (χ3n) is 4.57. The van der Waals surface area contributed by atoms with Crippen LogP contribution in [0.5, 0.6) is 0 Å². The molecule has 4 unspecified atom stereocenters. The average Bonchev–Trinajstić information content (AvgIpc) is 2.39. The van der Waals surface area contributed by atoms with Crippen LogP contribution in [0.25, 0.3) is 0 Å². The van der Waals surface area contributed by atoms with Gasteiger partial charge < -0.3 is 5.73 Å². The lowest BCUT2D eigenvalue weighted by Crippen LogP contribution is -2.30. The normalized spacial score (nSPS) is 29.3. The van der Waals surface area contributed by atoms with E-state index in [1.165, 1.54) is 6.07 Å². The maximum Gasteiger partial charge on any atom is 0.194 e. The van der Waals surface area contributed by atoms with Crippen LogP contribution >= 0.6 is 0 Å². The Kier molecular flexibility index (Phi) is 4.19. The highest BCUT2D eigenvalue weighted by Gasteiger charge is 2.31. The van der Waals surface area contributed by atoms with Gasteiger partial charge in [0.1, 0.15) is 0 Å². The molecule has 106 valence electrons. The van der Waals surface area contributed by atoms with Crippen LogP contribution in [0.2, 0.25) is 0 Å². The van der Waals surface area contributed by atoms with Crippen molar-refractivity contribution >= 4 is 0 Å². The molecule has 1 aromatic carbocycles. The minimum absolute atomic E-state index is 0.0886. The van der Waals surface area contributed by atoms with Gasteiger partial charge in [-0.1, -0.05) is 26.3 Å². The summed E-state index contributed by atoms with van der Waals surface area (Å²) in [5.74, 6) is -2.44. The van der Waals surface area contributed by atoms with Crippen LogP contribution < -0.4 is 5.73 Å². The highest BCUT2D eigenvalue weighted by Crippen LogP contribution is 2.39. The molecular weight excluding hydrogens is 251 g/mol. The smallest absolute Gasteiger partial charge is 0.194 e. The van der Waals surface area contributed by atoms with E-state index < -0.39 is 23.5 Å². The summed E-state index contributed by atoms with van der Waals surface area (Å²) < 4.78 is 39.9. The van der Waals surface area contributed by atoms with Crippen LogP contribution in [-0.2, 0) is 0 Å². The molecule has 1 nitrogen and oxygen atoms in total. The first kappa shape index (κ1) is 14.4. The fraction of sp³-hybridized carbons (Fsp3) is 0.600. The number of hydrogen-bond acceptors (Lipinski definition) is 1. The molecule has 1 saturated carbocycles. The maximum atomic E-state index is 13.7. The average molecular weight is 271 g/mol. The van der Waals surface area contributed by atoms with E-state index in [4.69, 9.17) is 5.73 Å². The molecule has 0 saturated heterocycles. The van der Waals surface area contributed by atoms with Gasteiger partial charge in [-0.2, -0.15) is 0 Å². The van der Waals surface area contributed by atoms with Gasteiger partial charge in [0.15, 0.2) is 17.5 Å². The second kappa shape index (κ2) is 5.53. The number of rotatable bonds is 2. The van der Waals surface area contributed by atoms with Gasteiger partial charge in [0, 0.05) is 11.6 Å². The lowest BCUT2D eigenvalue weighted by atomic mass is 9.72. The molecule has 4 atom stereocenters. The van der Waals surface area contributed by atoms with Crippen LogP contribution in [0.1, 0.15) is 44.7 Å². The van der Waals surface area contributed by atoms with E-state index in [2.05, 4.69) is 13.8 Å². The quantitative estimate of drug-likeness (QED) is 0.802. The molecule has 2 rings (SSSR count). The Bertz CT molecular complexity index is 461. The van der Waals surface area contributed by atoms with Crippen LogP contribution in [0, 0.1) is 35.2 Å². The molecule has 0 aromatic heterocycles. The Morgan fingerprint density at radius 1 is 1.05 bits per heavy atom. The molecule has 0 aliphatic heterocycles. The minimum Gasteiger partial charge on any atom is -0.324 e. The molecule has 0 radical (unpaired) electrons. The minimum atomic E-state index is -1.43. The molecule has 2 N–H and O–H groups in total. The summed E-state index contributed by atoms with van der Waals surface area (Å²) >= 11 is 0. The Hall–Kier alpha value is -1.03. The van der Waals surface area contributed by atoms with E-state index in [0.717, 1.165) is 25.3 Å². The van der Waals surface area contributed by atoms with Gasteiger partial charge in [0.25, 0.3) is 0 Å². The molecule has 4 heteroatoms. The number of halogens is 3. The largest absolute Gasteiger partial charge is 0.324 e. The molecule has 1 aromatic rings. The van der Waals surface area contributed by atoms with Crippen molar-refractivity contribution in [3.63, 3.8) is 0 Å². The van der Waals surface area contributed by atoms with Crippen LogP contribution in [0.3, 0.4) is 0 Å². The third kappa shape index (κ3) is 2.78. The van der Waals surface area contributed by atoms with Crippen molar-refractivity contribution in [2.75, 3.05) is 0 Å². The lowest BCUT2D eigenvalue weighted by molar-refractivity contribution is 0.184. The first-order chi connectivity index (χ1) is 8.91. The highest BCUT2D eigenvalue weighted by atomic mass is 19.2. The van der Waals surface area contributed by atoms with Gasteiger partial charge in [-0.3, -0.25) is 0 Å². The van der Waals surface area contributed by atoms with Crippen molar-refractivity contribution in [3.8, 4) is 0 Å². The van der Waals surface area contributed by atoms with Crippen LogP contribution in [0.15, 0.2) is 12.1 Å². The monoisotopic (exact) mass is 271 g/mol. The summed E-state index contributed by atoms with van der Waals surface area (Å²) in [6.45, 7) is 4.36. The van der Waals surface area contributed by atoms with Crippen LogP contribution in [0.4, 0.5) is 13.2 Å². The number of benzene rings is 1. The highest BCUT2D eigenvalue weighted by molar-refractivity contribution is 5.24. The lowest BCUT2D eigenvalue weighted by Gasteiger charge is -2.35. The number of nitrogens with two attached hydrogens (primary N) is 1. The van der Waals surface area contributed by atoms with E-state index in [1.807, 2.05) is 0 Å². The van der Waals surface area contributed by atoms with Gasteiger partial charge in [-0.15, -0.1) is 0 Å². The van der Waals surface area contributed by atoms with Crippen molar-refractivity contribution in [3.05, 3.63) is 35.1 Å². The SMILES string of the molecule is CC1CCC(C(N)c2ccc(F)c(F)c2F)CC1C. The molecule has 0 bridgehead atoms. The molecule has 1 aliphatic rings. The van der Waals surface area contributed by atoms with E-state index in [9.17, 15) is 13.2 Å². The first-order valence-electron chi connectivity index (χ1n) is 6.80. The molecule has 19 heavy (non-hydrogen) atoms. The zero-order valence-electron chi connectivity index (χ0n) is 11.3. The summed E-state index contributed by atoms with van der Waals surface area (Å²) in [6.07, 6.45) is 2.86. The Balaban J connectivity index is 2.20. The van der Waals surface area contributed by atoms with Gasteiger partial charge in [0.2, 0.25) is 0 Å². The summed E-state index contributed by atoms with van der Waals surface area (Å²) in [5, 5.41) is 0. The maximum absolute atomic E-state index is 13.7. The second-order valence-corrected chi connectivity index (χ2v) is 5.82. The zero-order valence-corrected chi connectivity index (χ0v) is 11.3. The molecular formula is C15H20F3N. The Morgan fingerprint density at radius 2 is 1.74 bits per heavy atom. The predicted molar refractivity (Wildman–Crippen MR) is 68.9 cm³/mol. The Labute approximate surface area is 112 Å². The topological polar surface area (TPSA) is 26.0 Å². The molecule has 0 amide bonds. The predicted octanol–water partition coefficient (Wildman–Crippen LogP) is 4.18. The van der Waals surface area contributed by atoms with E-state index in [-0.39, 0.29) is 11.5 Å². The standard InChI is InChI=1S/C15H20F3N/c1-8-3-4-10(7-9(8)2)15(19)11-5-6-12(16)14(18)13(11)17/h5-6,8-10,15H,3-4,7,19H2,1-2H3. The summed E-state index contributed by atoms with van der Waals surface area (Å²) in [7, 11) is 0. The summed E-state index contributed by atoms with van der Waals surface area (Å²) in [6, 6.07) is 1.65. The van der Waals surface area contributed by atoms with Crippen molar-refractivity contribution in [2.45, 2.75) is 39.2 Å². The zero-order chi connectivity index (χ0) is 14.2. The third-order valence-corrected chi connectivity index (χ3v) is 4.57. The molecule has 0 heterocycles. The second-order valence-electron chi connectivity index (χ2n) is 5.82. The van der Waals surface area contributed by atoms with Gasteiger partial charge in [0.05, 0.1) is 0 Å². The molecule has 1 aliphatic carbocycles. The van der Waals surface area contributed by atoms with Crippen molar-refractivity contribution in [1.29, 1.82) is 0 Å². The van der Waals surface area contributed by atoms with E-state index in [0.29, 0.717) is 11.8 Å². The van der Waals surface area contributed by atoms with Crippen LogP contribution in [-0.4, -0.2) is 0 Å². The fourth-order valence-corrected chi connectivity index (χ4v) is 2.97. The summed E-state index contributed by atoms with van der Waals surface area (Å²) in [4.78, 5) is 0. The summed E-state index contributed by atoms with van der Waals surface area (Å²) in [5.41, 5.74) is 6.16. The number of hydrogen-bond donors (Lipinski definition) is 1. The van der Waals surface area contributed by atoms with Gasteiger partial charge >= 0.3 is 0 Å². The van der Waals surface area contributed by atoms with Crippen molar-refractivity contribution < 1.29 is 13.2 Å². The van der Waals surface area contributed by atoms with E-state index >= 15 is 0 Å². The van der Waals surface area contributed by atoms with Gasteiger partial charge in [-0.05, 0) is 36.7 Å². The van der Waals surface area contributed by atoms with Crippen molar-refractivity contribution in [1.82, 2.24) is 0 Å². The van der Waals surface area contributed by atoms with Gasteiger partial charge in [-0.25, -0.2) is 13.2 Å². The Morgan fingerprint density at radius 3 is 2.37 bits per heavy atom. The molecule has 1 fully saturated rings. The fourth-order valence-electron chi connectivity index (χ4n) is 2.97. The first-order valence-corrected chi connectivity index (χ1v) is 6.80.